The lowest BCUT2D eigenvalue weighted by atomic mass is 10.2. The monoisotopic (exact) mass is 521 g/mol. The van der Waals surface area contributed by atoms with Crippen LogP contribution < -0.4 is 20.7 Å². The number of amides is 2. The maximum atomic E-state index is 12.4. The summed E-state index contributed by atoms with van der Waals surface area (Å²) in [5.74, 6) is -0.452. The maximum Gasteiger partial charge on any atom is 0.266 e. The molecule has 0 aliphatic heterocycles. The number of ether oxygens (including phenoxy) is 1. The van der Waals surface area contributed by atoms with Crippen molar-refractivity contribution in [2.24, 2.45) is 0 Å². The number of anilines is 2. The highest BCUT2D eigenvalue weighted by atomic mass is 35.5. The molecule has 0 spiro atoms. The molecule has 1 atom stereocenters. The summed E-state index contributed by atoms with van der Waals surface area (Å²) < 4.78 is 5.58. The topological polar surface area (TPSA) is 79.5 Å². The Kier molecular flexibility index (Phi) is 8.52. The van der Waals surface area contributed by atoms with E-state index in [0.29, 0.717) is 37.8 Å². The summed E-state index contributed by atoms with van der Waals surface area (Å²) in [5, 5.41) is 9.53. The highest BCUT2D eigenvalue weighted by Crippen LogP contribution is 2.28. The second kappa shape index (κ2) is 11.3. The van der Waals surface area contributed by atoms with Crippen molar-refractivity contribution in [3.05, 3.63) is 87.4 Å². The van der Waals surface area contributed by atoms with E-state index in [4.69, 9.17) is 51.8 Å². The van der Waals surface area contributed by atoms with Crippen LogP contribution in [0.3, 0.4) is 0 Å². The zero-order valence-electron chi connectivity index (χ0n) is 17.2. The number of nitrogens with one attached hydrogen (secondary N) is 3. The van der Waals surface area contributed by atoms with Gasteiger partial charge in [-0.3, -0.25) is 14.9 Å². The third-order valence-electron chi connectivity index (χ3n) is 4.27. The molecule has 0 saturated heterocycles. The molecule has 10 heteroatoms. The van der Waals surface area contributed by atoms with Gasteiger partial charge < -0.3 is 15.4 Å². The molecule has 1 unspecified atom stereocenters. The fourth-order valence-corrected chi connectivity index (χ4v) is 3.56. The Morgan fingerprint density at radius 3 is 2.24 bits per heavy atom. The molecule has 0 aromatic heterocycles. The third kappa shape index (κ3) is 7.33. The van der Waals surface area contributed by atoms with E-state index in [1.54, 1.807) is 67.6 Å². The van der Waals surface area contributed by atoms with Crippen LogP contribution in [0.5, 0.6) is 5.75 Å². The second-order valence-corrected chi connectivity index (χ2v) is 8.51. The molecule has 33 heavy (non-hydrogen) atoms. The zero-order chi connectivity index (χ0) is 24.0. The minimum atomic E-state index is -0.869. The maximum absolute atomic E-state index is 12.4. The van der Waals surface area contributed by atoms with Crippen LogP contribution in [0.4, 0.5) is 11.4 Å². The zero-order valence-corrected chi connectivity index (χ0v) is 20.3. The summed E-state index contributed by atoms with van der Waals surface area (Å²) in [6, 6.07) is 18.2. The highest BCUT2D eigenvalue weighted by Gasteiger charge is 2.17. The molecule has 0 fully saturated rings. The van der Waals surface area contributed by atoms with Gasteiger partial charge in [0.25, 0.3) is 11.8 Å². The molecule has 3 N–H and O–H groups in total. The Bertz CT molecular complexity index is 1210. The van der Waals surface area contributed by atoms with Gasteiger partial charge in [0, 0.05) is 27.0 Å². The summed E-state index contributed by atoms with van der Waals surface area (Å²) in [4.78, 5) is 24.8. The third-order valence-corrected chi connectivity index (χ3v) is 5.24. The standard InChI is InChI=1S/C23H18Cl3N3O3S/c1-13(32-20-9-8-16(25)11-19(20)26)21(30)29-23(33)28-18-7-3-6-17(12-18)27-22(31)14-4-2-5-15(24)10-14/h2-13H,1H3,(H,27,31)(H2,28,29,30,33). The van der Waals surface area contributed by atoms with Crippen LogP contribution in [-0.2, 0) is 4.79 Å². The number of benzene rings is 3. The van der Waals surface area contributed by atoms with Gasteiger partial charge in [-0.25, -0.2) is 0 Å². The van der Waals surface area contributed by atoms with Crippen LogP contribution in [0, 0.1) is 0 Å². The van der Waals surface area contributed by atoms with Crippen LogP contribution in [-0.4, -0.2) is 23.0 Å². The number of hydrogen-bond acceptors (Lipinski definition) is 4. The van der Waals surface area contributed by atoms with Gasteiger partial charge >= 0.3 is 0 Å². The van der Waals surface area contributed by atoms with Crippen molar-refractivity contribution in [3.8, 4) is 5.75 Å². The van der Waals surface area contributed by atoms with Crippen LogP contribution in [0.2, 0.25) is 15.1 Å². The van der Waals surface area contributed by atoms with E-state index in [0.717, 1.165) is 0 Å². The molecule has 170 valence electrons. The molecular weight excluding hydrogens is 505 g/mol. The Morgan fingerprint density at radius 2 is 1.55 bits per heavy atom. The SMILES string of the molecule is CC(Oc1ccc(Cl)cc1Cl)C(=O)NC(=S)Nc1cccc(NC(=O)c2cccc(Cl)c2)c1. The lowest BCUT2D eigenvalue weighted by molar-refractivity contribution is -0.125. The molecule has 3 aromatic rings. The summed E-state index contributed by atoms with van der Waals surface area (Å²) >= 11 is 23.1. The molecule has 2 amide bonds. The average Bonchev–Trinajstić information content (AvgIpc) is 2.75. The largest absolute Gasteiger partial charge is 0.479 e. The Hall–Kier alpha value is -2.84. The predicted molar refractivity (Wildman–Crippen MR) is 137 cm³/mol. The molecule has 0 heterocycles. The lowest BCUT2D eigenvalue weighted by Gasteiger charge is -2.17. The summed E-state index contributed by atoms with van der Waals surface area (Å²) in [6.07, 6.45) is -0.869. The van der Waals surface area contributed by atoms with Gasteiger partial charge in [-0.05, 0) is 73.7 Å². The normalized spacial score (nSPS) is 11.3. The van der Waals surface area contributed by atoms with Crippen LogP contribution in [0.25, 0.3) is 0 Å². The first-order chi connectivity index (χ1) is 15.7. The number of carbonyl (C=O) groups is 2. The van der Waals surface area contributed by atoms with E-state index < -0.39 is 12.0 Å². The molecule has 0 aliphatic rings. The smallest absolute Gasteiger partial charge is 0.266 e. The first-order valence-corrected chi connectivity index (χ1v) is 11.2. The second-order valence-electron chi connectivity index (χ2n) is 6.82. The van der Waals surface area contributed by atoms with Gasteiger partial charge in [0.05, 0.1) is 5.02 Å². The van der Waals surface area contributed by atoms with Gasteiger partial charge in [0.2, 0.25) is 0 Å². The fourth-order valence-electron chi connectivity index (χ4n) is 2.70. The van der Waals surface area contributed by atoms with E-state index in [2.05, 4.69) is 16.0 Å². The molecule has 0 radical (unpaired) electrons. The van der Waals surface area contributed by atoms with Crippen molar-refractivity contribution in [3.63, 3.8) is 0 Å². The van der Waals surface area contributed by atoms with Crippen LogP contribution >= 0.6 is 47.0 Å². The van der Waals surface area contributed by atoms with Gasteiger partial charge in [0.1, 0.15) is 5.75 Å². The van der Waals surface area contributed by atoms with Crippen LogP contribution in [0.1, 0.15) is 17.3 Å². The Balaban J connectivity index is 1.56. The molecule has 0 aliphatic carbocycles. The van der Waals surface area contributed by atoms with Crippen molar-refractivity contribution >= 4 is 75.3 Å². The number of halogens is 3. The Morgan fingerprint density at radius 1 is 0.879 bits per heavy atom. The van der Waals surface area contributed by atoms with E-state index in [9.17, 15) is 9.59 Å². The molecule has 0 bridgehead atoms. The number of hydrogen-bond donors (Lipinski definition) is 3. The number of rotatable bonds is 6. The predicted octanol–water partition coefficient (Wildman–Crippen LogP) is 6.18. The van der Waals surface area contributed by atoms with Crippen molar-refractivity contribution in [2.45, 2.75) is 13.0 Å². The molecule has 3 aromatic carbocycles. The first kappa shape index (κ1) is 24.8. The molecule has 6 nitrogen and oxygen atoms in total. The van der Waals surface area contributed by atoms with Crippen LogP contribution in [0.15, 0.2) is 66.7 Å². The van der Waals surface area contributed by atoms with E-state index in [1.165, 1.54) is 6.07 Å². The number of thiocarbonyl (C=S) groups is 1. The average molecular weight is 523 g/mol. The molecule has 0 saturated carbocycles. The fraction of sp³-hybridized carbons (Fsp3) is 0.0870. The Labute approximate surface area is 211 Å². The van der Waals surface area contributed by atoms with E-state index >= 15 is 0 Å². The number of carbonyl (C=O) groups excluding carboxylic acids is 2. The van der Waals surface area contributed by atoms with Gasteiger partial charge in [0.15, 0.2) is 11.2 Å². The minimum absolute atomic E-state index is 0.0657. The quantitative estimate of drug-likeness (QED) is 0.337. The summed E-state index contributed by atoms with van der Waals surface area (Å²) in [7, 11) is 0. The van der Waals surface area contributed by atoms with Crippen molar-refractivity contribution in [1.82, 2.24) is 5.32 Å². The lowest BCUT2D eigenvalue weighted by Crippen LogP contribution is -2.42. The van der Waals surface area contributed by atoms with E-state index in [1.807, 2.05) is 0 Å². The van der Waals surface area contributed by atoms with E-state index in [-0.39, 0.29) is 11.0 Å². The molecule has 3 rings (SSSR count). The van der Waals surface area contributed by atoms with Gasteiger partial charge in [-0.1, -0.05) is 46.9 Å². The summed E-state index contributed by atoms with van der Waals surface area (Å²) in [6.45, 7) is 1.56. The highest BCUT2D eigenvalue weighted by molar-refractivity contribution is 7.80. The van der Waals surface area contributed by atoms with Gasteiger partial charge in [-0.15, -0.1) is 0 Å². The molecular formula is C23H18Cl3N3O3S. The minimum Gasteiger partial charge on any atom is -0.479 e. The van der Waals surface area contributed by atoms with Crippen molar-refractivity contribution in [2.75, 3.05) is 10.6 Å². The van der Waals surface area contributed by atoms with Crippen molar-refractivity contribution in [1.29, 1.82) is 0 Å². The summed E-state index contributed by atoms with van der Waals surface area (Å²) in [5.41, 5.74) is 1.53. The first-order valence-electron chi connectivity index (χ1n) is 9.62. The van der Waals surface area contributed by atoms with Crippen molar-refractivity contribution < 1.29 is 14.3 Å². The van der Waals surface area contributed by atoms with Gasteiger partial charge in [-0.2, -0.15) is 0 Å².